The molecule has 2 rings (SSSR count). The Kier molecular flexibility index (Phi) is 1.81. The largest absolute Gasteiger partial charge is 0.481 e. The zero-order valence-electron chi connectivity index (χ0n) is 7.00. The van der Waals surface area contributed by atoms with E-state index in [0.717, 1.165) is 21.5 Å². The molecule has 0 fully saturated rings. The molecule has 2 N–H and O–H groups in total. The molecule has 2 aromatic heterocycles. The summed E-state index contributed by atoms with van der Waals surface area (Å²) in [4.78, 5) is 10.5. The third-order valence-corrected chi connectivity index (χ3v) is 2.99. The fraction of sp³-hybridized carbons (Fsp3) is 0.250. The van der Waals surface area contributed by atoms with Crippen LogP contribution in [0.15, 0.2) is 5.38 Å². The smallest absolute Gasteiger partial charge is 0.307 e. The maximum absolute atomic E-state index is 10.5. The lowest BCUT2D eigenvalue weighted by Gasteiger charge is -1.88. The maximum atomic E-state index is 10.5. The van der Waals surface area contributed by atoms with Gasteiger partial charge in [0, 0.05) is 11.3 Å². The average molecular weight is 196 g/mol. The fourth-order valence-corrected chi connectivity index (χ4v) is 2.22. The molecule has 2 heterocycles. The lowest BCUT2D eigenvalue weighted by atomic mass is 10.2. The molecule has 5 heteroatoms. The van der Waals surface area contributed by atoms with Crippen LogP contribution in [0.4, 0.5) is 0 Å². The Labute approximate surface area is 78.2 Å². The number of carboxylic acids is 1. The number of carboxylic acid groups (broad SMARTS) is 1. The first-order valence-corrected chi connectivity index (χ1v) is 4.69. The molecule has 0 amide bonds. The van der Waals surface area contributed by atoms with Crippen molar-refractivity contribution in [1.82, 2.24) is 10.2 Å². The molecule has 0 saturated carbocycles. The van der Waals surface area contributed by atoms with Crippen LogP contribution in [-0.2, 0) is 11.2 Å². The minimum Gasteiger partial charge on any atom is -0.481 e. The predicted molar refractivity (Wildman–Crippen MR) is 50.0 cm³/mol. The summed E-state index contributed by atoms with van der Waals surface area (Å²) < 4.78 is 1.05. The van der Waals surface area contributed by atoms with Crippen LogP contribution in [0.3, 0.4) is 0 Å². The molecule has 0 aliphatic heterocycles. The van der Waals surface area contributed by atoms with E-state index < -0.39 is 5.97 Å². The highest BCUT2D eigenvalue weighted by atomic mass is 32.1. The van der Waals surface area contributed by atoms with Crippen molar-refractivity contribution in [3.8, 4) is 0 Å². The van der Waals surface area contributed by atoms with Gasteiger partial charge in [-0.1, -0.05) is 0 Å². The number of hydrogen-bond acceptors (Lipinski definition) is 3. The van der Waals surface area contributed by atoms with Crippen molar-refractivity contribution in [2.24, 2.45) is 0 Å². The number of carbonyl (C=O) groups is 1. The van der Waals surface area contributed by atoms with Gasteiger partial charge in [0.05, 0.1) is 11.1 Å². The molecule has 13 heavy (non-hydrogen) atoms. The average Bonchev–Trinajstić information content (AvgIpc) is 2.56. The fourth-order valence-electron chi connectivity index (χ4n) is 1.25. The topological polar surface area (TPSA) is 66.0 Å². The SMILES string of the molecule is Cc1[nH]nc2c(CC(=O)O)csc12. The molecule has 0 saturated heterocycles. The van der Waals surface area contributed by atoms with Crippen LogP contribution in [0.5, 0.6) is 0 Å². The van der Waals surface area contributed by atoms with Crippen LogP contribution in [-0.4, -0.2) is 21.3 Å². The normalized spacial score (nSPS) is 10.8. The zero-order valence-corrected chi connectivity index (χ0v) is 7.81. The number of nitrogens with one attached hydrogen (secondary N) is 1. The first kappa shape index (κ1) is 8.25. The van der Waals surface area contributed by atoms with Crippen molar-refractivity contribution >= 4 is 27.5 Å². The molecule has 0 aliphatic rings. The van der Waals surface area contributed by atoms with Crippen LogP contribution < -0.4 is 0 Å². The third-order valence-electron chi connectivity index (χ3n) is 1.86. The predicted octanol–water partition coefficient (Wildman–Crippen LogP) is 1.56. The van der Waals surface area contributed by atoms with E-state index in [1.807, 2.05) is 12.3 Å². The minimum atomic E-state index is -0.819. The summed E-state index contributed by atoms with van der Waals surface area (Å²) >= 11 is 1.53. The molecule has 68 valence electrons. The minimum absolute atomic E-state index is 0.0459. The number of aromatic amines is 1. The summed E-state index contributed by atoms with van der Waals surface area (Å²) in [7, 11) is 0. The van der Waals surface area contributed by atoms with Gasteiger partial charge < -0.3 is 5.11 Å². The molecule has 0 radical (unpaired) electrons. The Morgan fingerprint density at radius 3 is 3.23 bits per heavy atom. The van der Waals surface area contributed by atoms with Crippen molar-refractivity contribution < 1.29 is 9.90 Å². The molecule has 0 spiro atoms. The first-order chi connectivity index (χ1) is 6.18. The molecule has 4 nitrogen and oxygen atoms in total. The molecule has 0 aromatic carbocycles. The van der Waals surface area contributed by atoms with Crippen molar-refractivity contribution in [3.05, 3.63) is 16.6 Å². The highest BCUT2D eigenvalue weighted by molar-refractivity contribution is 7.17. The molecule has 0 aliphatic carbocycles. The Morgan fingerprint density at radius 2 is 2.54 bits per heavy atom. The Hall–Kier alpha value is -1.36. The number of aliphatic carboxylic acids is 1. The van der Waals surface area contributed by atoms with Crippen molar-refractivity contribution in [1.29, 1.82) is 0 Å². The van der Waals surface area contributed by atoms with Gasteiger partial charge in [-0.15, -0.1) is 11.3 Å². The maximum Gasteiger partial charge on any atom is 0.307 e. The number of hydrogen-bond donors (Lipinski definition) is 2. The Balaban J connectivity index is 2.52. The van der Waals surface area contributed by atoms with Crippen LogP contribution in [0.25, 0.3) is 10.2 Å². The molecular weight excluding hydrogens is 188 g/mol. The zero-order chi connectivity index (χ0) is 9.42. The molecular formula is C8H8N2O2S. The number of thiophene rings is 1. The number of aryl methyl sites for hydroxylation is 1. The van der Waals surface area contributed by atoms with Gasteiger partial charge in [-0.05, 0) is 12.3 Å². The highest BCUT2D eigenvalue weighted by Crippen LogP contribution is 2.26. The van der Waals surface area contributed by atoms with Gasteiger partial charge in [0.25, 0.3) is 0 Å². The van der Waals surface area contributed by atoms with E-state index in [4.69, 9.17) is 5.11 Å². The van der Waals surface area contributed by atoms with E-state index in [2.05, 4.69) is 10.2 Å². The van der Waals surface area contributed by atoms with Crippen LogP contribution in [0.2, 0.25) is 0 Å². The van der Waals surface area contributed by atoms with Crippen LogP contribution in [0.1, 0.15) is 11.3 Å². The standard InChI is InChI=1S/C8H8N2O2S/c1-4-8-7(10-9-4)5(3-13-8)2-6(11)12/h3H,2H2,1H3,(H,9,10)(H,11,12). The molecule has 0 unspecified atom stereocenters. The summed E-state index contributed by atoms with van der Waals surface area (Å²) in [6, 6.07) is 0. The Morgan fingerprint density at radius 1 is 1.77 bits per heavy atom. The van der Waals surface area contributed by atoms with Gasteiger partial charge in [-0.25, -0.2) is 0 Å². The van der Waals surface area contributed by atoms with E-state index in [0.29, 0.717) is 0 Å². The van der Waals surface area contributed by atoms with Gasteiger partial charge in [-0.3, -0.25) is 9.89 Å². The highest BCUT2D eigenvalue weighted by Gasteiger charge is 2.11. The van der Waals surface area contributed by atoms with Crippen molar-refractivity contribution in [3.63, 3.8) is 0 Å². The molecule has 0 bridgehead atoms. The summed E-state index contributed by atoms with van der Waals surface area (Å²) in [6.45, 7) is 1.93. The summed E-state index contributed by atoms with van der Waals surface area (Å²) in [5.41, 5.74) is 2.58. The summed E-state index contributed by atoms with van der Waals surface area (Å²) in [5.74, 6) is -0.819. The van der Waals surface area contributed by atoms with E-state index in [9.17, 15) is 4.79 Å². The lowest BCUT2D eigenvalue weighted by Crippen LogP contribution is -1.98. The van der Waals surface area contributed by atoms with Gasteiger partial charge in [-0.2, -0.15) is 5.10 Å². The second kappa shape index (κ2) is 2.85. The monoisotopic (exact) mass is 196 g/mol. The summed E-state index contributed by atoms with van der Waals surface area (Å²) in [6.07, 6.45) is 0.0459. The third kappa shape index (κ3) is 1.31. The van der Waals surface area contributed by atoms with Crippen LogP contribution in [0, 0.1) is 6.92 Å². The number of H-pyrrole nitrogens is 1. The first-order valence-electron chi connectivity index (χ1n) is 3.81. The molecule has 2 aromatic rings. The van der Waals surface area contributed by atoms with Gasteiger partial charge in [0.1, 0.15) is 5.52 Å². The van der Waals surface area contributed by atoms with Crippen molar-refractivity contribution in [2.45, 2.75) is 13.3 Å². The van der Waals surface area contributed by atoms with E-state index >= 15 is 0 Å². The van der Waals surface area contributed by atoms with Crippen LogP contribution >= 0.6 is 11.3 Å². The second-order valence-electron chi connectivity index (χ2n) is 2.86. The van der Waals surface area contributed by atoms with Crippen molar-refractivity contribution in [2.75, 3.05) is 0 Å². The number of aromatic nitrogens is 2. The van der Waals surface area contributed by atoms with Gasteiger partial charge in [0.15, 0.2) is 0 Å². The van der Waals surface area contributed by atoms with E-state index in [-0.39, 0.29) is 6.42 Å². The quantitative estimate of drug-likeness (QED) is 0.766. The number of rotatable bonds is 2. The number of fused-ring (bicyclic) bond motifs is 1. The Bertz CT molecular complexity index is 458. The summed E-state index contributed by atoms with van der Waals surface area (Å²) in [5, 5.41) is 17.4. The van der Waals surface area contributed by atoms with Gasteiger partial charge in [0.2, 0.25) is 0 Å². The molecule has 0 atom stereocenters. The lowest BCUT2D eigenvalue weighted by molar-refractivity contribution is -0.136. The van der Waals surface area contributed by atoms with Gasteiger partial charge >= 0.3 is 5.97 Å². The number of nitrogens with zero attached hydrogens (tertiary/aromatic N) is 1. The van der Waals surface area contributed by atoms with E-state index in [1.165, 1.54) is 11.3 Å². The van der Waals surface area contributed by atoms with E-state index in [1.54, 1.807) is 0 Å². The second-order valence-corrected chi connectivity index (χ2v) is 3.74.